The van der Waals surface area contributed by atoms with Crippen LogP contribution in [0.4, 0.5) is 5.82 Å². The summed E-state index contributed by atoms with van der Waals surface area (Å²) >= 11 is 5.35. The molecule has 0 spiro atoms. The first-order valence-electron chi connectivity index (χ1n) is 7.06. The summed E-state index contributed by atoms with van der Waals surface area (Å²) in [4.78, 5) is 10.8. The second-order valence-electron chi connectivity index (χ2n) is 5.20. The zero-order chi connectivity index (χ0) is 14.1. The first kappa shape index (κ1) is 14.0. The van der Waals surface area contributed by atoms with E-state index in [0.717, 1.165) is 40.3 Å². The van der Waals surface area contributed by atoms with Gasteiger partial charge in [0.25, 0.3) is 0 Å². The van der Waals surface area contributed by atoms with Gasteiger partial charge in [-0.25, -0.2) is 9.97 Å². The lowest BCUT2D eigenvalue weighted by Crippen LogP contribution is -2.08. The van der Waals surface area contributed by atoms with Gasteiger partial charge in [-0.3, -0.25) is 0 Å². The summed E-state index contributed by atoms with van der Waals surface area (Å²) in [5.74, 6) is 2.57. The average Bonchev–Trinajstić information content (AvgIpc) is 3.20. The molecule has 2 aromatic rings. The predicted octanol–water partition coefficient (Wildman–Crippen LogP) is 4.98. The topological polar surface area (TPSA) is 37.8 Å². The maximum Gasteiger partial charge on any atom is 0.134 e. The molecule has 0 atom stereocenters. The van der Waals surface area contributed by atoms with Gasteiger partial charge in [0.15, 0.2) is 0 Å². The Morgan fingerprint density at radius 1 is 1.40 bits per heavy atom. The molecular weight excluding hydrogens is 334 g/mol. The summed E-state index contributed by atoms with van der Waals surface area (Å²) in [6.45, 7) is 5.23. The van der Waals surface area contributed by atoms with Crippen molar-refractivity contribution in [1.82, 2.24) is 9.97 Å². The monoisotopic (exact) mass is 351 g/mol. The minimum Gasteiger partial charge on any atom is -0.370 e. The van der Waals surface area contributed by atoms with E-state index in [2.05, 4.69) is 46.5 Å². The lowest BCUT2D eigenvalue weighted by atomic mass is 10.2. The van der Waals surface area contributed by atoms with Crippen molar-refractivity contribution in [3.63, 3.8) is 0 Å². The predicted molar refractivity (Wildman–Crippen MR) is 88.5 cm³/mol. The van der Waals surface area contributed by atoms with Gasteiger partial charge in [-0.15, -0.1) is 11.3 Å². The molecule has 3 rings (SSSR count). The molecule has 1 aliphatic rings. The maximum absolute atomic E-state index is 4.84. The van der Waals surface area contributed by atoms with Gasteiger partial charge in [-0.2, -0.15) is 0 Å². The summed E-state index contributed by atoms with van der Waals surface area (Å²) in [6.07, 6.45) is 3.54. The molecule has 1 fully saturated rings. The number of hydrogen-bond acceptors (Lipinski definition) is 4. The minimum absolute atomic E-state index is 0.565. The van der Waals surface area contributed by atoms with Gasteiger partial charge in [0.05, 0.1) is 10.6 Å². The molecule has 0 radical (unpaired) electrons. The zero-order valence-electron chi connectivity index (χ0n) is 11.7. The Balaban J connectivity index is 2.07. The fraction of sp³-hybridized carbons (Fsp3) is 0.467. The molecule has 106 valence electrons. The Bertz CT molecular complexity index is 620. The standard InChI is InChI=1S/C15H18BrN3S/c1-3-7-17-14-9(2)12(13-11(16)6-8-20-13)18-15(19-14)10-4-5-10/h6,8,10H,3-5,7H2,1-2H3,(H,17,18,19). The van der Waals surface area contributed by atoms with Gasteiger partial charge in [0.2, 0.25) is 0 Å². The Morgan fingerprint density at radius 2 is 2.20 bits per heavy atom. The average molecular weight is 352 g/mol. The summed E-state index contributed by atoms with van der Waals surface area (Å²) in [5.41, 5.74) is 2.22. The first-order chi connectivity index (χ1) is 9.70. The SMILES string of the molecule is CCCNc1nc(C2CC2)nc(-c2sccc2Br)c1C. The summed E-state index contributed by atoms with van der Waals surface area (Å²) in [5, 5.41) is 5.54. The molecule has 1 N–H and O–H groups in total. The van der Waals surface area contributed by atoms with E-state index in [1.165, 1.54) is 17.7 Å². The molecule has 0 aromatic carbocycles. The Kier molecular flexibility index (Phi) is 4.08. The van der Waals surface area contributed by atoms with E-state index in [0.29, 0.717) is 5.92 Å². The van der Waals surface area contributed by atoms with Crippen LogP contribution in [-0.2, 0) is 0 Å². The fourth-order valence-electron chi connectivity index (χ4n) is 2.16. The third-order valence-electron chi connectivity index (χ3n) is 3.48. The largest absolute Gasteiger partial charge is 0.370 e. The molecular formula is C15H18BrN3S. The van der Waals surface area contributed by atoms with Crippen molar-refractivity contribution < 1.29 is 0 Å². The molecule has 0 amide bonds. The third kappa shape index (κ3) is 2.74. The van der Waals surface area contributed by atoms with E-state index in [1.807, 2.05) is 0 Å². The molecule has 3 nitrogen and oxygen atoms in total. The molecule has 1 aliphatic carbocycles. The van der Waals surface area contributed by atoms with Crippen molar-refractivity contribution in [3.8, 4) is 10.6 Å². The van der Waals surface area contributed by atoms with Crippen LogP contribution in [-0.4, -0.2) is 16.5 Å². The van der Waals surface area contributed by atoms with E-state index in [-0.39, 0.29) is 0 Å². The van der Waals surface area contributed by atoms with Crippen LogP contribution in [0.25, 0.3) is 10.6 Å². The smallest absolute Gasteiger partial charge is 0.134 e. The van der Waals surface area contributed by atoms with Crippen molar-refractivity contribution >= 4 is 33.1 Å². The molecule has 0 aliphatic heterocycles. The van der Waals surface area contributed by atoms with Crippen molar-refractivity contribution in [3.05, 3.63) is 27.3 Å². The van der Waals surface area contributed by atoms with Gasteiger partial charge < -0.3 is 5.32 Å². The van der Waals surface area contributed by atoms with E-state index >= 15 is 0 Å². The molecule has 0 unspecified atom stereocenters. The van der Waals surface area contributed by atoms with Crippen LogP contribution >= 0.6 is 27.3 Å². The van der Waals surface area contributed by atoms with E-state index in [4.69, 9.17) is 9.97 Å². The Morgan fingerprint density at radius 3 is 2.80 bits per heavy atom. The van der Waals surface area contributed by atoms with Gasteiger partial charge in [-0.05, 0) is 53.6 Å². The first-order valence-corrected chi connectivity index (χ1v) is 8.73. The fourth-order valence-corrected chi connectivity index (χ4v) is 3.76. The van der Waals surface area contributed by atoms with Crippen molar-refractivity contribution in [2.24, 2.45) is 0 Å². The second-order valence-corrected chi connectivity index (χ2v) is 6.97. The number of nitrogens with zero attached hydrogens (tertiary/aromatic N) is 2. The van der Waals surface area contributed by atoms with Crippen LogP contribution in [0.5, 0.6) is 0 Å². The second kappa shape index (κ2) is 5.82. The molecule has 0 saturated heterocycles. The molecule has 2 aromatic heterocycles. The molecule has 2 heterocycles. The number of rotatable bonds is 5. The van der Waals surface area contributed by atoms with Gasteiger partial charge >= 0.3 is 0 Å². The molecule has 0 bridgehead atoms. The highest BCUT2D eigenvalue weighted by Crippen LogP contribution is 2.42. The van der Waals surface area contributed by atoms with Crippen LogP contribution < -0.4 is 5.32 Å². The lowest BCUT2D eigenvalue weighted by molar-refractivity contribution is 0.903. The van der Waals surface area contributed by atoms with E-state index in [1.54, 1.807) is 11.3 Å². The molecule has 20 heavy (non-hydrogen) atoms. The zero-order valence-corrected chi connectivity index (χ0v) is 14.1. The van der Waals surface area contributed by atoms with Crippen molar-refractivity contribution in [1.29, 1.82) is 0 Å². The number of halogens is 1. The number of aromatic nitrogens is 2. The highest BCUT2D eigenvalue weighted by atomic mass is 79.9. The Hall–Kier alpha value is -0.940. The lowest BCUT2D eigenvalue weighted by Gasteiger charge is -2.13. The number of anilines is 1. The molecule has 1 saturated carbocycles. The summed E-state index contributed by atoms with van der Waals surface area (Å²) < 4.78 is 1.12. The van der Waals surface area contributed by atoms with Crippen LogP contribution in [0.15, 0.2) is 15.9 Å². The van der Waals surface area contributed by atoms with Crippen molar-refractivity contribution in [2.75, 3.05) is 11.9 Å². The number of thiophene rings is 1. The highest BCUT2D eigenvalue weighted by molar-refractivity contribution is 9.10. The summed E-state index contributed by atoms with van der Waals surface area (Å²) in [7, 11) is 0. The van der Waals surface area contributed by atoms with Crippen LogP contribution in [0, 0.1) is 6.92 Å². The Labute approximate surface area is 132 Å². The van der Waals surface area contributed by atoms with Gasteiger partial charge in [0.1, 0.15) is 11.6 Å². The highest BCUT2D eigenvalue weighted by Gasteiger charge is 2.28. The normalized spacial score (nSPS) is 14.6. The minimum atomic E-state index is 0.565. The molecule has 5 heteroatoms. The van der Waals surface area contributed by atoms with Crippen LogP contribution in [0.3, 0.4) is 0 Å². The number of nitrogens with one attached hydrogen (secondary N) is 1. The van der Waals surface area contributed by atoms with Gasteiger partial charge in [0, 0.05) is 22.5 Å². The van der Waals surface area contributed by atoms with Gasteiger partial charge in [-0.1, -0.05) is 6.92 Å². The number of hydrogen-bond donors (Lipinski definition) is 1. The van der Waals surface area contributed by atoms with E-state index < -0.39 is 0 Å². The maximum atomic E-state index is 4.84. The van der Waals surface area contributed by atoms with Crippen LogP contribution in [0.1, 0.15) is 43.5 Å². The summed E-state index contributed by atoms with van der Waals surface area (Å²) in [6, 6.07) is 2.08. The third-order valence-corrected chi connectivity index (χ3v) is 5.32. The van der Waals surface area contributed by atoms with Crippen molar-refractivity contribution in [2.45, 2.75) is 39.0 Å². The van der Waals surface area contributed by atoms with Crippen LogP contribution in [0.2, 0.25) is 0 Å². The van der Waals surface area contributed by atoms with E-state index in [9.17, 15) is 0 Å². The quantitative estimate of drug-likeness (QED) is 0.825.